The van der Waals surface area contributed by atoms with Gasteiger partial charge in [0, 0.05) is 18.1 Å². The molecule has 0 fully saturated rings. The number of hydrogen-bond acceptors (Lipinski definition) is 7. The fourth-order valence-electron chi connectivity index (χ4n) is 3.42. The zero-order valence-corrected chi connectivity index (χ0v) is 18.9. The number of anilines is 1. The van der Waals surface area contributed by atoms with Crippen molar-refractivity contribution >= 4 is 33.3 Å². The van der Waals surface area contributed by atoms with E-state index in [1.54, 1.807) is 11.3 Å². The number of aromatic nitrogens is 3. The fraction of sp³-hybridized carbons (Fsp3) is 0.250. The third-order valence-electron chi connectivity index (χ3n) is 5.02. The van der Waals surface area contributed by atoms with Gasteiger partial charge in [0.25, 0.3) is 0 Å². The predicted octanol–water partition coefficient (Wildman–Crippen LogP) is 4.88. The van der Waals surface area contributed by atoms with Gasteiger partial charge in [-0.25, -0.2) is 15.0 Å². The van der Waals surface area contributed by atoms with Crippen LogP contribution >= 0.6 is 11.3 Å². The van der Waals surface area contributed by atoms with Gasteiger partial charge in [0.1, 0.15) is 17.4 Å². The molecule has 3 N–H and O–H groups in total. The fourth-order valence-corrected chi connectivity index (χ4v) is 4.14. The number of nitrogens with one attached hydrogen (secondary N) is 1. The van der Waals surface area contributed by atoms with E-state index in [0.717, 1.165) is 38.6 Å². The van der Waals surface area contributed by atoms with Crippen LogP contribution in [0.1, 0.15) is 37.2 Å². The minimum Gasteiger partial charge on any atom is -0.494 e. The van der Waals surface area contributed by atoms with E-state index in [4.69, 9.17) is 10.5 Å². The van der Waals surface area contributed by atoms with E-state index in [0.29, 0.717) is 25.3 Å². The van der Waals surface area contributed by atoms with Gasteiger partial charge in [-0.3, -0.25) is 4.79 Å². The van der Waals surface area contributed by atoms with E-state index in [1.165, 1.54) is 0 Å². The Hall–Kier alpha value is -3.52. The number of rotatable bonds is 9. The maximum atomic E-state index is 10.9. The van der Waals surface area contributed by atoms with Crippen molar-refractivity contribution in [2.24, 2.45) is 5.73 Å². The first-order valence-corrected chi connectivity index (χ1v) is 11.3. The predicted molar refractivity (Wildman–Crippen MR) is 128 cm³/mol. The van der Waals surface area contributed by atoms with Crippen molar-refractivity contribution in [2.75, 3.05) is 11.9 Å². The lowest BCUT2D eigenvalue weighted by atomic mass is 10.1. The molecule has 4 aromatic rings. The van der Waals surface area contributed by atoms with Gasteiger partial charge in [-0.15, -0.1) is 11.3 Å². The summed E-state index contributed by atoms with van der Waals surface area (Å²) in [5, 5.41) is 3.47. The third kappa shape index (κ3) is 5.39. The van der Waals surface area contributed by atoms with E-state index in [9.17, 15) is 4.79 Å². The molecule has 1 unspecified atom stereocenters. The zero-order valence-electron chi connectivity index (χ0n) is 18.0. The Morgan fingerprint density at radius 2 is 2.06 bits per heavy atom. The summed E-state index contributed by atoms with van der Waals surface area (Å²) in [5.74, 6) is 1.91. The highest BCUT2D eigenvalue weighted by atomic mass is 32.1. The van der Waals surface area contributed by atoms with Crippen molar-refractivity contribution in [3.63, 3.8) is 0 Å². The number of aryl methyl sites for hydroxylation is 1. The molecule has 4 rings (SSSR count). The Labute approximate surface area is 190 Å². The van der Waals surface area contributed by atoms with Crippen molar-refractivity contribution in [1.82, 2.24) is 15.0 Å². The summed E-state index contributed by atoms with van der Waals surface area (Å²) in [7, 11) is 0. The molecule has 0 saturated heterocycles. The van der Waals surface area contributed by atoms with Crippen LogP contribution in [0.2, 0.25) is 0 Å². The number of nitrogens with two attached hydrogens (primary N) is 1. The quantitative estimate of drug-likeness (QED) is 0.355. The van der Waals surface area contributed by atoms with E-state index >= 15 is 0 Å². The number of benzene rings is 2. The Morgan fingerprint density at radius 3 is 2.91 bits per heavy atom. The molecule has 164 valence electrons. The smallest absolute Gasteiger partial charge is 0.217 e. The standard InChI is InChI=1S/C24H25N5O2S/c1-15(17-5-3-6-19(11-17)31-10-4-7-23(25)30)27-24-13-21(28-16(2)29-24)18-8-9-20-22(12-18)32-14-26-20/h3,5-6,8-9,11-15H,4,7,10H2,1-2H3,(H2,25,30)(H,27,28,29). The number of nitrogens with zero attached hydrogens (tertiary/aromatic N) is 3. The van der Waals surface area contributed by atoms with Crippen LogP contribution in [-0.2, 0) is 4.79 Å². The van der Waals surface area contributed by atoms with Crippen LogP contribution in [0.15, 0.2) is 54.0 Å². The normalized spacial score (nSPS) is 11.9. The molecule has 0 aliphatic rings. The van der Waals surface area contributed by atoms with Gasteiger partial charge in [-0.2, -0.15) is 0 Å². The lowest BCUT2D eigenvalue weighted by Gasteiger charge is -2.17. The average Bonchev–Trinajstić information content (AvgIpc) is 3.24. The number of ether oxygens (including phenoxy) is 1. The first-order chi connectivity index (χ1) is 15.5. The second-order valence-electron chi connectivity index (χ2n) is 7.58. The van der Waals surface area contributed by atoms with Crippen molar-refractivity contribution < 1.29 is 9.53 Å². The maximum absolute atomic E-state index is 10.9. The summed E-state index contributed by atoms with van der Waals surface area (Å²) in [5.41, 5.74) is 11.0. The van der Waals surface area contributed by atoms with Crippen LogP contribution in [0.4, 0.5) is 5.82 Å². The number of fused-ring (bicyclic) bond motifs is 1. The van der Waals surface area contributed by atoms with Crippen molar-refractivity contribution in [3.8, 4) is 17.0 Å². The van der Waals surface area contributed by atoms with Gasteiger partial charge in [-0.1, -0.05) is 18.2 Å². The number of carbonyl (C=O) groups excluding carboxylic acids is 1. The van der Waals surface area contributed by atoms with Crippen molar-refractivity contribution in [2.45, 2.75) is 32.7 Å². The second kappa shape index (κ2) is 9.74. The minimum absolute atomic E-state index is 0.00953. The minimum atomic E-state index is -0.313. The molecule has 0 aliphatic heterocycles. The second-order valence-corrected chi connectivity index (χ2v) is 8.46. The van der Waals surface area contributed by atoms with Crippen LogP contribution in [0, 0.1) is 6.92 Å². The third-order valence-corrected chi connectivity index (χ3v) is 5.82. The summed E-state index contributed by atoms with van der Waals surface area (Å²) >= 11 is 1.62. The summed E-state index contributed by atoms with van der Waals surface area (Å²) in [6.45, 7) is 4.42. The van der Waals surface area contributed by atoms with Crippen LogP contribution < -0.4 is 15.8 Å². The highest BCUT2D eigenvalue weighted by molar-refractivity contribution is 7.16. The number of carbonyl (C=O) groups is 1. The first kappa shape index (κ1) is 21.7. The lowest BCUT2D eigenvalue weighted by molar-refractivity contribution is -0.118. The molecule has 8 heteroatoms. The SMILES string of the molecule is Cc1nc(NC(C)c2cccc(OCCCC(N)=O)c2)cc(-c2ccc3ncsc3c2)n1. The lowest BCUT2D eigenvalue weighted by Crippen LogP contribution is -2.12. The van der Waals surface area contributed by atoms with E-state index in [2.05, 4.69) is 33.3 Å². The van der Waals surface area contributed by atoms with Crippen molar-refractivity contribution in [1.29, 1.82) is 0 Å². The van der Waals surface area contributed by atoms with E-state index < -0.39 is 0 Å². The van der Waals surface area contributed by atoms with Crippen LogP contribution in [0.5, 0.6) is 5.75 Å². The van der Waals surface area contributed by atoms with Crippen molar-refractivity contribution in [3.05, 3.63) is 65.4 Å². The van der Waals surface area contributed by atoms with Crippen LogP contribution in [0.25, 0.3) is 21.5 Å². The van der Waals surface area contributed by atoms with Gasteiger partial charge >= 0.3 is 0 Å². The molecule has 2 aromatic heterocycles. The Balaban J connectivity index is 1.48. The Bertz CT molecular complexity index is 1240. The maximum Gasteiger partial charge on any atom is 0.217 e. The highest BCUT2D eigenvalue weighted by Crippen LogP contribution is 2.28. The molecule has 32 heavy (non-hydrogen) atoms. The van der Waals surface area contributed by atoms with Gasteiger partial charge in [0.15, 0.2) is 0 Å². The molecule has 1 amide bonds. The summed E-state index contributed by atoms with van der Waals surface area (Å²) in [6, 6.07) is 16.0. The largest absolute Gasteiger partial charge is 0.494 e. The molecular formula is C24H25N5O2S. The number of hydrogen-bond donors (Lipinski definition) is 2. The first-order valence-electron chi connectivity index (χ1n) is 10.4. The summed E-state index contributed by atoms with van der Waals surface area (Å²) in [6.07, 6.45) is 0.923. The van der Waals surface area contributed by atoms with E-state index in [-0.39, 0.29) is 11.9 Å². The van der Waals surface area contributed by atoms with E-state index in [1.807, 2.05) is 54.9 Å². The molecule has 2 aromatic carbocycles. The van der Waals surface area contributed by atoms with Gasteiger partial charge in [-0.05, 0) is 50.1 Å². The summed E-state index contributed by atoms with van der Waals surface area (Å²) < 4.78 is 6.89. The molecule has 1 atom stereocenters. The summed E-state index contributed by atoms with van der Waals surface area (Å²) in [4.78, 5) is 24.4. The van der Waals surface area contributed by atoms with Gasteiger partial charge < -0.3 is 15.8 Å². The molecule has 0 saturated carbocycles. The average molecular weight is 448 g/mol. The Kier molecular flexibility index (Phi) is 6.61. The Morgan fingerprint density at radius 1 is 1.19 bits per heavy atom. The molecular weight excluding hydrogens is 422 g/mol. The molecule has 0 bridgehead atoms. The monoisotopic (exact) mass is 447 g/mol. The molecule has 0 aliphatic carbocycles. The van der Waals surface area contributed by atoms with Crippen LogP contribution in [-0.4, -0.2) is 27.5 Å². The molecule has 7 nitrogen and oxygen atoms in total. The zero-order chi connectivity index (χ0) is 22.5. The molecule has 2 heterocycles. The highest BCUT2D eigenvalue weighted by Gasteiger charge is 2.11. The molecule has 0 radical (unpaired) electrons. The number of amides is 1. The number of primary amides is 1. The topological polar surface area (TPSA) is 103 Å². The van der Waals surface area contributed by atoms with Crippen LogP contribution in [0.3, 0.4) is 0 Å². The van der Waals surface area contributed by atoms with Gasteiger partial charge in [0.05, 0.1) is 34.1 Å². The molecule has 0 spiro atoms. The van der Waals surface area contributed by atoms with Gasteiger partial charge in [0.2, 0.25) is 5.91 Å². The number of thiazole rings is 1.